The highest BCUT2D eigenvalue weighted by atomic mass is 19.4. The lowest BCUT2D eigenvalue weighted by atomic mass is 9.44. The molecule has 4 nitrogen and oxygen atoms in total. The van der Waals surface area contributed by atoms with Crippen LogP contribution >= 0.6 is 0 Å². The Morgan fingerprint density at radius 3 is 2.48 bits per heavy atom. The first-order valence-corrected chi connectivity index (χ1v) is 12.7. The van der Waals surface area contributed by atoms with E-state index in [1.165, 1.54) is 12.6 Å². The molecule has 1 heterocycles. The zero-order valence-electron chi connectivity index (χ0n) is 20.0. The molecule has 0 amide bonds. The Hall–Kier alpha value is -1.37. The van der Waals surface area contributed by atoms with Gasteiger partial charge in [0, 0.05) is 12.1 Å². The summed E-state index contributed by atoms with van der Waals surface area (Å²) in [5.41, 5.74) is -1.27. The lowest BCUT2D eigenvalue weighted by Crippen LogP contribution is -2.55. The Balaban J connectivity index is 1.31. The molecule has 0 bridgehead atoms. The SMILES string of the molecule is C[C@@]1(O)CC[C@@]2(C)[C@H](CC[C@@H]3[C@@H]2CC[C@]2(C)[C@@H](C(=O)Cn4ccc(C(F)(F)F)n4)CC[C@@H]32)C1. The van der Waals surface area contributed by atoms with Gasteiger partial charge >= 0.3 is 6.18 Å². The summed E-state index contributed by atoms with van der Waals surface area (Å²) in [5, 5.41) is 14.3. The zero-order valence-corrected chi connectivity index (χ0v) is 20.0. The molecule has 7 heteroatoms. The number of carbonyl (C=O) groups is 1. The maximum absolute atomic E-state index is 13.3. The fourth-order valence-electron chi connectivity index (χ4n) is 8.83. The number of fused-ring (bicyclic) bond motifs is 5. The van der Waals surface area contributed by atoms with Gasteiger partial charge in [-0.3, -0.25) is 9.48 Å². The van der Waals surface area contributed by atoms with Crippen LogP contribution in [0.25, 0.3) is 0 Å². The van der Waals surface area contributed by atoms with Crippen molar-refractivity contribution in [3.63, 3.8) is 0 Å². The van der Waals surface area contributed by atoms with Crippen molar-refractivity contribution in [1.29, 1.82) is 0 Å². The largest absolute Gasteiger partial charge is 0.435 e. The van der Waals surface area contributed by atoms with Crippen LogP contribution < -0.4 is 0 Å². The standard InChI is InChI=1S/C26H37F3N2O2/c1-23(33)11-12-24(2)16(14-23)4-5-17-18-6-7-20(25(18,3)10-8-19(17)24)21(32)15-31-13-9-22(30-31)26(27,28)29/h9,13,16-20,33H,4-8,10-12,14-15H2,1-3H3/t16-,17+,18+,19+,20-,23-,24+,25+/m1/s1. The fourth-order valence-corrected chi connectivity index (χ4v) is 8.83. The first-order chi connectivity index (χ1) is 15.3. The summed E-state index contributed by atoms with van der Waals surface area (Å²) in [6.45, 7) is 6.64. The second kappa shape index (κ2) is 7.56. The second-order valence-electron chi connectivity index (χ2n) is 12.4. The summed E-state index contributed by atoms with van der Waals surface area (Å²) >= 11 is 0. The lowest BCUT2D eigenvalue weighted by molar-refractivity contribution is -0.151. The first-order valence-electron chi connectivity index (χ1n) is 12.7. The summed E-state index contributed by atoms with van der Waals surface area (Å²) in [7, 11) is 0. The number of hydrogen-bond acceptors (Lipinski definition) is 3. The van der Waals surface area contributed by atoms with Gasteiger partial charge in [-0.15, -0.1) is 0 Å². The summed E-state index contributed by atoms with van der Waals surface area (Å²) in [6.07, 6.45) is 5.99. The van der Waals surface area contributed by atoms with Crippen LogP contribution in [0.5, 0.6) is 0 Å². The Morgan fingerprint density at radius 2 is 1.79 bits per heavy atom. The number of Topliss-reactive ketones (excluding diaryl/α,β-unsaturated/α-hetero) is 1. The van der Waals surface area contributed by atoms with Crippen molar-refractivity contribution in [2.75, 3.05) is 0 Å². The van der Waals surface area contributed by atoms with Gasteiger partial charge in [-0.2, -0.15) is 18.3 Å². The van der Waals surface area contributed by atoms with E-state index < -0.39 is 17.5 Å². The minimum absolute atomic E-state index is 0.0314. The molecule has 0 aliphatic heterocycles. The highest BCUT2D eigenvalue weighted by Crippen LogP contribution is 2.68. The van der Waals surface area contributed by atoms with Crippen molar-refractivity contribution in [3.8, 4) is 0 Å². The lowest BCUT2D eigenvalue weighted by Gasteiger charge is -2.61. The maximum atomic E-state index is 13.3. The van der Waals surface area contributed by atoms with Crippen molar-refractivity contribution in [2.24, 2.45) is 40.4 Å². The third kappa shape index (κ3) is 3.77. The van der Waals surface area contributed by atoms with Crippen LogP contribution in [-0.2, 0) is 17.5 Å². The van der Waals surface area contributed by atoms with E-state index in [1.807, 2.05) is 6.92 Å². The molecule has 0 spiro atoms. The summed E-state index contributed by atoms with van der Waals surface area (Å²) in [4.78, 5) is 13.3. The quantitative estimate of drug-likeness (QED) is 0.605. The molecule has 4 aliphatic carbocycles. The van der Waals surface area contributed by atoms with E-state index in [-0.39, 0.29) is 29.1 Å². The van der Waals surface area contributed by atoms with E-state index in [9.17, 15) is 23.1 Å². The third-order valence-electron chi connectivity index (χ3n) is 10.6. The Kier molecular flexibility index (Phi) is 5.36. The van der Waals surface area contributed by atoms with E-state index >= 15 is 0 Å². The van der Waals surface area contributed by atoms with Gasteiger partial charge in [0.2, 0.25) is 0 Å². The van der Waals surface area contributed by atoms with E-state index in [0.29, 0.717) is 23.7 Å². The van der Waals surface area contributed by atoms with Crippen LogP contribution in [0.1, 0.15) is 84.3 Å². The van der Waals surface area contributed by atoms with Crippen LogP contribution in [0, 0.1) is 40.4 Å². The molecule has 4 saturated carbocycles. The molecule has 0 radical (unpaired) electrons. The van der Waals surface area contributed by atoms with Crippen LogP contribution in [0.3, 0.4) is 0 Å². The maximum Gasteiger partial charge on any atom is 0.435 e. The molecular weight excluding hydrogens is 429 g/mol. The molecule has 0 unspecified atom stereocenters. The molecule has 1 aromatic heterocycles. The van der Waals surface area contributed by atoms with Crippen molar-refractivity contribution < 1.29 is 23.1 Å². The number of aromatic nitrogens is 2. The van der Waals surface area contributed by atoms with Gasteiger partial charge in [0.1, 0.15) is 0 Å². The fraction of sp³-hybridized carbons (Fsp3) is 0.846. The molecule has 4 aliphatic rings. The Morgan fingerprint density at radius 1 is 1.06 bits per heavy atom. The van der Waals surface area contributed by atoms with Gasteiger partial charge in [-0.1, -0.05) is 13.8 Å². The Bertz CT molecular complexity index is 925. The minimum atomic E-state index is -4.49. The van der Waals surface area contributed by atoms with Crippen molar-refractivity contribution in [2.45, 2.75) is 96.9 Å². The van der Waals surface area contributed by atoms with Crippen molar-refractivity contribution in [3.05, 3.63) is 18.0 Å². The molecule has 1 aromatic rings. The van der Waals surface area contributed by atoms with E-state index in [0.717, 1.165) is 62.1 Å². The normalized spacial score (nSPS) is 45.2. The second-order valence-corrected chi connectivity index (χ2v) is 12.4. The topological polar surface area (TPSA) is 55.1 Å². The monoisotopic (exact) mass is 466 g/mol. The number of alkyl halides is 3. The number of ketones is 1. The van der Waals surface area contributed by atoms with Crippen LogP contribution in [-0.4, -0.2) is 26.3 Å². The van der Waals surface area contributed by atoms with Crippen molar-refractivity contribution >= 4 is 5.78 Å². The molecule has 33 heavy (non-hydrogen) atoms. The van der Waals surface area contributed by atoms with Gasteiger partial charge < -0.3 is 5.11 Å². The predicted octanol–water partition coefficient (Wildman–Crippen LogP) is 5.88. The number of aliphatic hydroxyl groups is 1. The molecule has 0 aromatic carbocycles. The summed E-state index contributed by atoms with van der Waals surface area (Å²) in [6, 6.07) is 0.943. The van der Waals surface area contributed by atoms with Gasteiger partial charge in [0.15, 0.2) is 11.5 Å². The van der Waals surface area contributed by atoms with Crippen LogP contribution in [0.2, 0.25) is 0 Å². The smallest absolute Gasteiger partial charge is 0.390 e. The zero-order chi connectivity index (χ0) is 23.8. The Labute approximate surface area is 194 Å². The third-order valence-corrected chi connectivity index (χ3v) is 10.6. The number of hydrogen-bond donors (Lipinski definition) is 1. The number of carbonyl (C=O) groups excluding carboxylic acids is 1. The summed E-state index contributed by atoms with van der Waals surface area (Å²) in [5.74, 6) is 2.29. The van der Waals surface area contributed by atoms with Crippen molar-refractivity contribution in [1.82, 2.24) is 9.78 Å². The highest BCUT2D eigenvalue weighted by Gasteiger charge is 2.61. The average Bonchev–Trinajstić information content (AvgIpc) is 3.32. The van der Waals surface area contributed by atoms with Crippen LogP contribution in [0.15, 0.2) is 12.3 Å². The number of nitrogens with zero attached hydrogens (tertiary/aromatic N) is 2. The van der Waals surface area contributed by atoms with E-state index in [2.05, 4.69) is 18.9 Å². The molecule has 8 atom stereocenters. The molecule has 0 saturated heterocycles. The molecule has 4 fully saturated rings. The van der Waals surface area contributed by atoms with Gasteiger partial charge in [0.25, 0.3) is 0 Å². The van der Waals surface area contributed by atoms with E-state index in [4.69, 9.17) is 0 Å². The number of halogens is 3. The molecular formula is C26H37F3N2O2. The first kappa shape index (κ1) is 23.4. The minimum Gasteiger partial charge on any atom is -0.390 e. The highest BCUT2D eigenvalue weighted by molar-refractivity contribution is 5.82. The molecule has 1 N–H and O–H groups in total. The van der Waals surface area contributed by atoms with Gasteiger partial charge in [-0.05, 0) is 105 Å². The predicted molar refractivity (Wildman–Crippen MR) is 118 cm³/mol. The van der Waals surface area contributed by atoms with E-state index in [1.54, 1.807) is 0 Å². The number of rotatable bonds is 3. The van der Waals surface area contributed by atoms with Crippen LogP contribution in [0.4, 0.5) is 13.2 Å². The summed E-state index contributed by atoms with van der Waals surface area (Å²) < 4.78 is 39.9. The van der Waals surface area contributed by atoms with Gasteiger partial charge in [0.05, 0.1) is 12.1 Å². The average molecular weight is 467 g/mol. The molecule has 184 valence electrons. The molecule has 5 rings (SSSR count). The van der Waals surface area contributed by atoms with Gasteiger partial charge in [-0.25, -0.2) is 0 Å².